The van der Waals surface area contributed by atoms with Crippen LogP contribution in [0.1, 0.15) is 94.6 Å². The second-order valence-corrected chi connectivity index (χ2v) is 18.3. The second-order valence-electron chi connectivity index (χ2n) is 18.3. The topological polar surface area (TPSA) is 96.4 Å². The zero-order valence-corrected chi connectivity index (χ0v) is 43.8. The van der Waals surface area contributed by atoms with E-state index in [4.69, 9.17) is 9.47 Å². The van der Waals surface area contributed by atoms with E-state index in [-0.39, 0.29) is 83.7 Å². The summed E-state index contributed by atoms with van der Waals surface area (Å²) in [6.45, 7) is 9.14. The summed E-state index contributed by atoms with van der Waals surface area (Å²) in [7, 11) is 0. The van der Waals surface area contributed by atoms with Crippen LogP contribution < -0.4 is 17.0 Å². The molecule has 8 nitrogen and oxygen atoms in total. The van der Waals surface area contributed by atoms with Gasteiger partial charge in [0.05, 0.1) is 24.1 Å². The van der Waals surface area contributed by atoms with Crippen LogP contribution in [-0.2, 0) is 25.5 Å². The quantitative estimate of drug-likeness (QED) is 0.0745. The number of cyclic esters (lactones) is 2. The fourth-order valence-corrected chi connectivity index (χ4v) is 9.20. The zero-order valence-electron chi connectivity index (χ0n) is 40.8. The first-order chi connectivity index (χ1) is 32.7. The van der Waals surface area contributed by atoms with Crippen molar-refractivity contribution in [3.63, 3.8) is 0 Å². The maximum atomic E-state index is 14.1. The molecule has 0 radical (unpaired) electrons. The third-order valence-electron chi connectivity index (χ3n) is 12.7. The average Bonchev–Trinajstić information content (AvgIpc) is 3.29. The van der Waals surface area contributed by atoms with E-state index in [0.717, 1.165) is 23.3 Å². The Morgan fingerprint density at radius 3 is 1.29 bits per heavy atom. The molecular formula is C56H55BrF6MgN2O6. The van der Waals surface area contributed by atoms with Crippen molar-refractivity contribution >= 4 is 41.0 Å². The summed E-state index contributed by atoms with van der Waals surface area (Å²) < 4.78 is 93.4. The van der Waals surface area contributed by atoms with Crippen molar-refractivity contribution in [2.45, 2.75) is 89.2 Å². The van der Waals surface area contributed by atoms with Crippen LogP contribution in [0.15, 0.2) is 133 Å². The molecule has 376 valence electrons. The number of halogens is 7. The molecule has 2 heterocycles. The maximum absolute atomic E-state index is 14.1. The summed E-state index contributed by atoms with van der Waals surface area (Å²) in [4.78, 5) is 41.4. The van der Waals surface area contributed by atoms with E-state index >= 15 is 0 Å². The fraction of sp³-hybridized carbons (Fsp3) is 0.286. The molecule has 4 atom stereocenters. The molecule has 72 heavy (non-hydrogen) atoms. The number of carbonyl (C=O) groups excluding carboxylic acids is 3. The third kappa shape index (κ3) is 13.7. The third-order valence-corrected chi connectivity index (χ3v) is 12.7. The largest absolute Gasteiger partial charge is 2.00 e. The molecule has 0 spiro atoms. The number of amides is 2. The van der Waals surface area contributed by atoms with Crippen LogP contribution in [0.5, 0.6) is 0 Å². The van der Waals surface area contributed by atoms with E-state index in [1.165, 1.54) is 67.6 Å². The minimum atomic E-state index is -1.14. The Kier molecular flexibility index (Phi) is 19.9. The van der Waals surface area contributed by atoms with Gasteiger partial charge >= 0.3 is 35.2 Å². The van der Waals surface area contributed by atoms with Gasteiger partial charge in [0.25, 0.3) is 0 Å². The van der Waals surface area contributed by atoms with Gasteiger partial charge in [-0.25, -0.2) is 35.9 Å². The van der Waals surface area contributed by atoms with Gasteiger partial charge in [-0.05, 0) is 117 Å². The molecule has 1 N–H and O–H groups in total. The normalized spacial score (nSPS) is 18.4. The zero-order chi connectivity index (χ0) is 49.8. The summed E-state index contributed by atoms with van der Waals surface area (Å²) in [5.74, 6) is -3.52. The fourth-order valence-electron chi connectivity index (χ4n) is 9.20. The van der Waals surface area contributed by atoms with Crippen molar-refractivity contribution < 1.29 is 72.3 Å². The Balaban J connectivity index is 0.000000300. The number of rotatable bonds is 12. The van der Waals surface area contributed by atoms with Gasteiger partial charge < -0.3 is 48.8 Å². The van der Waals surface area contributed by atoms with E-state index in [0.29, 0.717) is 53.7 Å². The van der Waals surface area contributed by atoms with Crippen LogP contribution in [0, 0.1) is 42.3 Å². The predicted octanol–water partition coefficient (Wildman–Crippen LogP) is 10.4. The van der Waals surface area contributed by atoms with Gasteiger partial charge in [0.1, 0.15) is 51.9 Å². The first-order valence-electron chi connectivity index (χ1n) is 22.5. The van der Waals surface area contributed by atoms with Crippen molar-refractivity contribution in [2.24, 2.45) is 0 Å². The maximum Gasteiger partial charge on any atom is 2.00 e. The van der Waals surface area contributed by atoms with Crippen LogP contribution >= 0.6 is 0 Å². The van der Waals surface area contributed by atoms with Crippen LogP contribution in [0.2, 0.25) is 0 Å². The van der Waals surface area contributed by atoms with Crippen molar-refractivity contribution in [1.82, 2.24) is 9.80 Å². The number of aliphatic hydroxyl groups is 1. The SMILES string of the molecule is CC(=O)C[C@]1(c2ccc(F)cc2)CCN([C@@H](C)c2ccc(-c3ccc(F)cc3F)cc2)C(=O)O1.C[C@@H](c1ccc(-c2ccc(F)cc2F)cc1)N1CC[C@](CC(C)(C)O)(c2ccc(F)cc2)OC1=O.[Br-].[CH3-].[Mg+2]. The number of Topliss-reactive ketones (excluding diaryl/α,β-unsaturated/α-hetero) is 1. The van der Waals surface area contributed by atoms with Gasteiger partial charge in [0.2, 0.25) is 0 Å². The van der Waals surface area contributed by atoms with Gasteiger partial charge in [-0.15, -0.1) is 0 Å². The number of carbonyl (C=O) groups is 3. The monoisotopic (exact) mass is 1070 g/mol. The molecule has 6 aromatic carbocycles. The van der Waals surface area contributed by atoms with Crippen molar-refractivity contribution in [3.05, 3.63) is 198 Å². The number of ketones is 1. The average molecular weight is 1070 g/mol. The van der Waals surface area contributed by atoms with E-state index in [2.05, 4.69) is 0 Å². The van der Waals surface area contributed by atoms with Crippen LogP contribution in [0.3, 0.4) is 0 Å². The molecule has 2 amide bonds. The second kappa shape index (κ2) is 24.4. The predicted molar refractivity (Wildman–Crippen MR) is 261 cm³/mol. The Morgan fingerprint density at radius 1 is 0.597 bits per heavy atom. The van der Waals surface area contributed by atoms with E-state index in [1.54, 1.807) is 84.3 Å². The number of ether oxygens (including phenoxy) is 2. The molecule has 2 saturated heterocycles. The molecule has 2 aliphatic heterocycles. The number of hydrogen-bond acceptors (Lipinski definition) is 6. The molecule has 0 bridgehead atoms. The molecule has 0 unspecified atom stereocenters. The Labute approximate surface area is 443 Å². The van der Waals surface area contributed by atoms with Crippen LogP contribution in [-0.4, -0.2) is 74.6 Å². The van der Waals surface area contributed by atoms with Crippen molar-refractivity contribution in [1.29, 1.82) is 0 Å². The van der Waals surface area contributed by atoms with Crippen molar-refractivity contribution in [3.8, 4) is 22.3 Å². The van der Waals surface area contributed by atoms with Crippen LogP contribution in [0.25, 0.3) is 22.3 Å². The first-order valence-corrected chi connectivity index (χ1v) is 22.5. The van der Waals surface area contributed by atoms with E-state index in [9.17, 15) is 45.8 Å². The molecule has 2 fully saturated rings. The van der Waals surface area contributed by atoms with Gasteiger partial charge in [0, 0.05) is 55.6 Å². The number of nitrogens with zero attached hydrogens (tertiary/aromatic N) is 2. The first kappa shape index (κ1) is 58.9. The minimum absolute atomic E-state index is 0. The van der Waals surface area contributed by atoms with Gasteiger partial charge in [-0.1, -0.05) is 72.8 Å². The molecule has 16 heteroatoms. The standard InChI is InChI=1S/C28H28F3NO3.C27H24F3NO3.CH3.BrH.Mg/c1-18(19-4-6-20(7-5-19)24-13-12-23(30)16-25(24)31)32-15-14-28(35-26(32)33,17-27(2,3)34)21-8-10-22(29)11-9-21;1-17(32)16-27(21-7-9-22(28)10-8-21)13-14-31(26(33)34-27)18(2)19-3-5-20(6-4-19)24-12-11-23(29)15-25(24)30;;;/h4-13,16,18,34H,14-15,17H2,1-3H3;3-12,15,18H,13-14,16H2,1-2H3;1H3;1H;/q;;-1;;+2/p-1/t18-,28-;18-,27-;;;/m00.../s1. The van der Waals surface area contributed by atoms with Crippen LogP contribution in [0.4, 0.5) is 35.9 Å². The van der Waals surface area contributed by atoms with Gasteiger partial charge in [-0.3, -0.25) is 4.79 Å². The molecule has 8 rings (SSSR count). The van der Waals surface area contributed by atoms with Gasteiger partial charge in [-0.2, -0.15) is 0 Å². The van der Waals surface area contributed by atoms with E-state index in [1.807, 2.05) is 13.8 Å². The number of benzene rings is 6. The molecule has 6 aromatic rings. The minimum Gasteiger partial charge on any atom is -1.00 e. The van der Waals surface area contributed by atoms with E-state index < -0.39 is 63.9 Å². The molecular weight excluding hydrogens is 1010 g/mol. The molecule has 0 saturated carbocycles. The summed E-state index contributed by atoms with van der Waals surface area (Å²) >= 11 is 0. The Bertz CT molecular complexity index is 2820. The van der Waals surface area contributed by atoms with Gasteiger partial charge in [0.15, 0.2) is 0 Å². The molecule has 0 aromatic heterocycles. The smallest absolute Gasteiger partial charge is 1.00 e. The summed E-state index contributed by atoms with van der Waals surface area (Å²) in [6, 6.07) is 31.7. The summed E-state index contributed by atoms with van der Waals surface area (Å²) in [6.07, 6.45) is -0.156. The summed E-state index contributed by atoms with van der Waals surface area (Å²) in [5.41, 5.74) is 1.27. The Hall–Kier alpha value is -5.68. The van der Waals surface area contributed by atoms with Crippen molar-refractivity contribution in [2.75, 3.05) is 13.1 Å². The summed E-state index contributed by atoms with van der Waals surface area (Å²) in [5, 5.41) is 10.5. The number of hydrogen-bond donors (Lipinski definition) is 1. The molecule has 2 aliphatic rings. The Morgan fingerprint density at radius 2 is 0.944 bits per heavy atom. The molecule has 0 aliphatic carbocycles.